The Morgan fingerprint density at radius 1 is 0.944 bits per heavy atom. The highest BCUT2D eigenvalue weighted by Crippen LogP contribution is 2.50. The lowest BCUT2D eigenvalue weighted by molar-refractivity contribution is -0.135. The van der Waals surface area contributed by atoms with Crippen LogP contribution in [0.2, 0.25) is 0 Å². The molecule has 0 radical (unpaired) electrons. The first-order valence-corrected chi connectivity index (χ1v) is 11.5. The van der Waals surface area contributed by atoms with Gasteiger partial charge in [-0.2, -0.15) is 0 Å². The van der Waals surface area contributed by atoms with Crippen molar-refractivity contribution in [1.82, 2.24) is 0 Å². The second kappa shape index (κ2) is 8.25. The normalized spacial score (nSPS) is 18.3. The lowest BCUT2D eigenvalue weighted by atomic mass is 9.89. The third kappa shape index (κ3) is 3.49. The molecule has 4 aromatic rings. The molecule has 7 heteroatoms. The van der Waals surface area contributed by atoms with Gasteiger partial charge in [-0.3, -0.25) is 4.79 Å². The van der Waals surface area contributed by atoms with Gasteiger partial charge in [-0.05, 0) is 48.4 Å². The number of hydrogen-bond acceptors (Lipinski definition) is 7. The molecule has 2 atom stereocenters. The van der Waals surface area contributed by atoms with E-state index in [4.69, 9.17) is 19.9 Å². The van der Waals surface area contributed by atoms with Gasteiger partial charge >= 0.3 is 5.97 Å². The van der Waals surface area contributed by atoms with Crippen molar-refractivity contribution in [3.63, 3.8) is 0 Å². The molecule has 1 aliphatic heterocycles. The van der Waals surface area contributed by atoms with Crippen molar-refractivity contribution in [1.29, 1.82) is 0 Å². The first-order valence-electron chi connectivity index (χ1n) is 11.5. The lowest BCUT2D eigenvalue weighted by Gasteiger charge is -2.39. The number of benzene rings is 4. The minimum Gasteiger partial charge on any atom is -0.507 e. The first-order chi connectivity index (χ1) is 17.4. The molecule has 0 amide bonds. The standard InChI is InChI=1S/C29H21NO6/c30-20(16-17-6-2-1-3-7-17)28(33)34-23-12-13-25-26-18(23)8-4-11-24(26)35-29(36-25)15-14-22(32)27-19(29)9-5-10-21(27)31/h1-15,20,31H,16,30H2. The van der Waals surface area contributed by atoms with Gasteiger partial charge in [-0.1, -0.05) is 48.5 Å². The minimum atomic E-state index is -1.43. The van der Waals surface area contributed by atoms with E-state index >= 15 is 0 Å². The third-order valence-corrected chi connectivity index (χ3v) is 6.38. The third-order valence-electron chi connectivity index (χ3n) is 6.38. The number of phenolic OH excluding ortho intramolecular Hbond substituents is 1. The summed E-state index contributed by atoms with van der Waals surface area (Å²) in [6.45, 7) is 0. The number of ether oxygens (including phenoxy) is 3. The summed E-state index contributed by atoms with van der Waals surface area (Å²) in [6, 6.07) is 22.1. The minimum absolute atomic E-state index is 0.133. The number of hydrogen-bond donors (Lipinski definition) is 2. The summed E-state index contributed by atoms with van der Waals surface area (Å²) in [5.74, 6) is -1.17. The van der Waals surface area contributed by atoms with Crippen LogP contribution in [0.3, 0.4) is 0 Å². The number of aromatic hydroxyl groups is 1. The van der Waals surface area contributed by atoms with E-state index in [-0.39, 0.29) is 17.1 Å². The van der Waals surface area contributed by atoms with E-state index in [2.05, 4.69) is 0 Å². The van der Waals surface area contributed by atoms with Gasteiger partial charge < -0.3 is 25.1 Å². The van der Waals surface area contributed by atoms with Crippen LogP contribution in [-0.2, 0) is 17.0 Å². The maximum absolute atomic E-state index is 12.8. The number of nitrogens with two attached hydrogens (primary N) is 1. The fourth-order valence-corrected chi connectivity index (χ4v) is 4.68. The lowest BCUT2D eigenvalue weighted by Crippen LogP contribution is -2.42. The van der Waals surface area contributed by atoms with Crippen LogP contribution in [0.1, 0.15) is 21.5 Å². The van der Waals surface area contributed by atoms with Gasteiger partial charge in [0.05, 0.1) is 16.5 Å². The van der Waals surface area contributed by atoms with Crippen LogP contribution >= 0.6 is 0 Å². The smallest absolute Gasteiger partial charge is 0.328 e. The number of esters is 1. The van der Waals surface area contributed by atoms with Crippen molar-refractivity contribution >= 4 is 22.5 Å². The highest BCUT2D eigenvalue weighted by atomic mass is 16.7. The summed E-state index contributed by atoms with van der Waals surface area (Å²) in [5.41, 5.74) is 7.60. The van der Waals surface area contributed by atoms with Crippen LogP contribution < -0.4 is 19.9 Å². The Morgan fingerprint density at radius 2 is 1.69 bits per heavy atom. The number of carbonyl (C=O) groups excluding carboxylic acids is 2. The average molecular weight is 479 g/mol. The van der Waals surface area contributed by atoms with Crippen LogP contribution in [0.25, 0.3) is 10.8 Å². The summed E-state index contributed by atoms with van der Waals surface area (Å²) < 4.78 is 18.3. The quantitative estimate of drug-likeness (QED) is 0.330. The zero-order chi connectivity index (χ0) is 24.9. The molecule has 4 aromatic carbocycles. The van der Waals surface area contributed by atoms with E-state index in [0.29, 0.717) is 40.0 Å². The fraction of sp³-hybridized carbons (Fsp3) is 0.103. The van der Waals surface area contributed by atoms with Gasteiger partial charge in [0.15, 0.2) is 5.78 Å². The molecule has 1 spiro atoms. The van der Waals surface area contributed by atoms with Crippen LogP contribution in [-0.4, -0.2) is 22.9 Å². The molecule has 2 unspecified atom stereocenters. The molecular formula is C29H21NO6. The van der Waals surface area contributed by atoms with Gasteiger partial charge in [0.2, 0.25) is 0 Å². The van der Waals surface area contributed by atoms with Crippen LogP contribution in [0.5, 0.6) is 23.0 Å². The van der Waals surface area contributed by atoms with E-state index in [1.54, 1.807) is 42.5 Å². The van der Waals surface area contributed by atoms with Gasteiger partial charge in [-0.15, -0.1) is 0 Å². The summed E-state index contributed by atoms with van der Waals surface area (Å²) in [7, 11) is 0. The molecule has 178 valence electrons. The molecule has 0 fully saturated rings. The van der Waals surface area contributed by atoms with Crippen LogP contribution in [0.4, 0.5) is 0 Å². The fourth-order valence-electron chi connectivity index (χ4n) is 4.68. The molecule has 0 bridgehead atoms. The van der Waals surface area contributed by atoms with Crippen molar-refractivity contribution < 1.29 is 28.9 Å². The van der Waals surface area contributed by atoms with Crippen LogP contribution in [0.15, 0.2) is 91.0 Å². The van der Waals surface area contributed by atoms with Crippen molar-refractivity contribution in [3.8, 4) is 23.0 Å². The van der Waals surface area contributed by atoms with E-state index in [1.165, 1.54) is 18.2 Å². The summed E-state index contributed by atoms with van der Waals surface area (Å²) >= 11 is 0. The zero-order valence-corrected chi connectivity index (χ0v) is 19.0. The Bertz CT molecular complexity index is 1550. The van der Waals surface area contributed by atoms with Gasteiger partial charge in [0.25, 0.3) is 5.79 Å². The Labute approximate surface area is 206 Å². The molecule has 7 nitrogen and oxygen atoms in total. The number of phenols is 1. The Balaban J connectivity index is 1.34. The molecule has 1 heterocycles. The molecule has 0 saturated heterocycles. The van der Waals surface area contributed by atoms with Gasteiger partial charge in [-0.25, -0.2) is 4.79 Å². The number of rotatable bonds is 4. The second-order valence-corrected chi connectivity index (χ2v) is 8.73. The summed E-state index contributed by atoms with van der Waals surface area (Å²) in [4.78, 5) is 25.3. The average Bonchev–Trinajstić information content (AvgIpc) is 2.88. The largest absolute Gasteiger partial charge is 0.507 e. The van der Waals surface area contributed by atoms with E-state index in [0.717, 1.165) is 5.56 Å². The molecule has 36 heavy (non-hydrogen) atoms. The summed E-state index contributed by atoms with van der Waals surface area (Å²) in [5, 5.41) is 11.6. The van der Waals surface area contributed by atoms with Crippen LogP contribution in [0, 0.1) is 0 Å². The maximum Gasteiger partial charge on any atom is 0.328 e. The molecule has 3 N–H and O–H groups in total. The SMILES string of the molecule is NC(Cc1ccccc1)C(=O)Oc1ccc2c3c(cccc13)OC1(C=CC(=O)c3c(O)cccc31)O2. The predicted octanol–water partition coefficient (Wildman–Crippen LogP) is 4.40. The van der Waals surface area contributed by atoms with Crippen molar-refractivity contribution in [3.05, 3.63) is 108 Å². The van der Waals surface area contributed by atoms with Gasteiger partial charge in [0, 0.05) is 11.5 Å². The second-order valence-electron chi connectivity index (χ2n) is 8.73. The van der Waals surface area contributed by atoms with Gasteiger partial charge in [0.1, 0.15) is 29.0 Å². The Morgan fingerprint density at radius 3 is 2.50 bits per heavy atom. The van der Waals surface area contributed by atoms with E-state index < -0.39 is 17.8 Å². The Kier molecular flexibility index (Phi) is 5.01. The molecular weight excluding hydrogens is 458 g/mol. The monoisotopic (exact) mass is 479 g/mol. The van der Waals surface area contributed by atoms with E-state index in [9.17, 15) is 14.7 Å². The molecule has 6 rings (SSSR count). The van der Waals surface area contributed by atoms with Crippen molar-refractivity contribution in [2.75, 3.05) is 0 Å². The molecule has 1 aliphatic carbocycles. The van der Waals surface area contributed by atoms with E-state index in [1.807, 2.05) is 30.3 Å². The topological polar surface area (TPSA) is 108 Å². The first kappa shape index (κ1) is 21.9. The number of fused-ring (bicyclic) bond motifs is 2. The zero-order valence-electron chi connectivity index (χ0n) is 19.0. The predicted molar refractivity (Wildman–Crippen MR) is 132 cm³/mol. The number of carbonyl (C=O) groups is 2. The highest BCUT2D eigenvalue weighted by Gasteiger charge is 2.45. The highest BCUT2D eigenvalue weighted by molar-refractivity contribution is 6.09. The van der Waals surface area contributed by atoms with Crippen molar-refractivity contribution in [2.24, 2.45) is 5.73 Å². The summed E-state index contributed by atoms with van der Waals surface area (Å²) in [6.07, 6.45) is 3.22. The molecule has 0 aromatic heterocycles. The molecule has 0 saturated carbocycles. The number of allylic oxidation sites excluding steroid dienone is 1. The maximum atomic E-state index is 12.8. The Hall–Kier alpha value is -4.62. The molecule has 2 aliphatic rings. The van der Waals surface area contributed by atoms with Crippen molar-refractivity contribution in [2.45, 2.75) is 18.2 Å². The number of ketones is 1.